The summed E-state index contributed by atoms with van der Waals surface area (Å²) in [6, 6.07) is 7.50. The van der Waals surface area contributed by atoms with Crippen LogP contribution in [0.25, 0.3) is 16.5 Å². The van der Waals surface area contributed by atoms with Crippen molar-refractivity contribution < 1.29 is 18.5 Å². The van der Waals surface area contributed by atoms with Gasteiger partial charge < -0.3 is 13.9 Å². The number of furan rings is 1. The Bertz CT molecular complexity index is 759. The van der Waals surface area contributed by atoms with E-state index in [0.29, 0.717) is 17.3 Å². The number of oxazole rings is 1. The summed E-state index contributed by atoms with van der Waals surface area (Å²) < 4.78 is 15.0. The van der Waals surface area contributed by atoms with E-state index in [1.54, 1.807) is 25.1 Å². The van der Waals surface area contributed by atoms with Gasteiger partial charge in [-0.1, -0.05) is 0 Å². The predicted molar refractivity (Wildman–Crippen MR) is 63.1 cm³/mol. The lowest BCUT2D eigenvalue weighted by molar-refractivity contribution is 0.332. The number of aromatic hydroxyl groups is 1. The highest BCUT2D eigenvalue weighted by atomic mass is 16.5. The Morgan fingerprint density at radius 2 is 2.32 bits per heavy atom. The Balaban J connectivity index is 1.92. The van der Waals surface area contributed by atoms with Gasteiger partial charge in [0.25, 0.3) is 5.89 Å². The number of nitrogens with zero attached hydrogens (tertiary/aromatic N) is 3. The van der Waals surface area contributed by atoms with Crippen LogP contribution in [-0.2, 0) is 0 Å². The van der Waals surface area contributed by atoms with Gasteiger partial charge in [0.15, 0.2) is 16.7 Å². The summed E-state index contributed by atoms with van der Waals surface area (Å²) in [5.74, 6) is 1.12. The normalized spacial score (nSPS) is 10.2. The van der Waals surface area contributed by atoms with Gasteiger partial charge in [0.2, 0.25) is 11.8 Å². The van der Waals surface area contributed by atoms with E-state index in [4.69, 9.17) is 13.4 Å². The monoisotopic (exact) mass is 258 g/mol. The van der Waals surface area contributed by atoms with E-state index in [2.05, 4.69) is 21.1 Å². The van der Waals surface area contributed by atoms with Gasteiger partial charge >= 0.3 is 11.8 Å². The molecule has 7 heteroatoms. The van der Waals surface area contributed by atoms with Gasteiger partial charge in [0.05, 0.1) is 12.3 Å². The van der Waals surface area contributed by atoms with Crippen LogP contribution in [0.4, 0.5) is 5.82 Å². The van der Waals surface area contributed by atoms with Crippen molar-refractivity contribution >= 4 is 5.82 Å². The first-order chi connectivity index (χ1) is 9.22. The summed E-state index contributed by atoms with van der Waals surface area (Å²) in [4.78, 5) is 7.89. The van der Waals surface area contributed by atoms with Gasteiger partial charge in [0.1, 0.15) is 0 Å². The minimum absolute atomic E-state index is 0.0621. The molecule has 3 heterocycles. The van der Waals surface area contributed by atoms with Crippen LogP contribution in [0.15, 0.2) is 37.8 Å². The van der Waals surface area contributed by atoms with E-state index >= 15 is 0 Å². The van der Waals surface area contributed by atoms with E-state index in [-0.39, 0.29) is 11.6 Å². The number of aryl methyl sites for hydroxylation is 1. The standard InChI is InChI=1S/C12H7N3O4/c1-7-5-10(15-19-7)13-6-8-12(16)18-11(14-8)9-3-2-4-17-9/h2-5H,1H3/p+1. The molecule has 0 spiro atoms. The first kappa shape index (κ1) is 11.1. The molecule has 0 aliphatic rings. The molecule has 3 aromatic heterocycles. The zero-order valence-corrected chi connectivity index (χ0v) is 9.82. The smallest absolute Gasteiger partial charge is 0.473 e. The van der Waals surface area contributed by atoms with Crippen LogP contribution in [0.1, 0.15) is 11.5 Å². The molecule has 0 radical (unpaired) electrons. The molecule has 0 saturated carbocycles. The van der Waals surface area contributed by atoms with Crippen molar-refractivity contribution in [3.05, 3.63) is 40.8 Å². The second-order valence-corrected chi connectivity index (χ2v) is 3.67. The van der Waals surface area contributed by atoms with Crippen LogP contribution < -0.4 is 0 Å². The van der Waals surface area contributed by atoms with E-state index in [1.165, 1.54) is 6.26 Å². The van der Waals surface area contributed by atoms with Crippen LogP contribution in [-0.4, -0.2) is 15.2 Å². The maximum Gasteiger partial charge on any atom is 0.473 e. The van der Waals surface area contributed by atoms with Gasteiger partial charge in [0, 0.05) is 0 Å². The number of hydrogen-bond acceptors (Lipinski definition) is 6. The molecule has 0 fully saturated rings. The lowest BCUT2D eigenvalue weighted by atomic mass is 10.4. The summed E-state index contributed by atoms with van der Waals surface area (Å²) in [5.41, 5.74) is 0.0621. The van der Waals surface area contributed by atoms with E-state index in [0.717, 1.165) is 0 Å². The summed E-state index contributed by atoms with van der Waals surface area (Å²) in [6.07, 6.45) is 1.48. The predicted octanol–water partition coefficient (Wildman–Crippen LogP) is 2.95. The van der Waals surface area contributed by atoms with Crippen molar-refractivity contribution in [1.82, 2.24) is 10.1 Å². The fourth-order valence-electron chi connectivity index (χ4n) is 1.41. The molecule has 19 heavy (non-hydrogen) atoms. The van der Waals surface area contributed by atoms with Crippen molar-refractivity contribution in [2.45, 2.75) is 6.92 Å². The van der Waals surface area contributed by atoms with E-state index < -0.39 is 5.95 Å². The van der Waals surface area contributed by atoms with E-state index in [1.807, 2.05) is 0 Å². The largest absolute Gasteiger partial charge is 0.478 e. The molecule has 0 atom stereocenters. The third-order valence-corrected chi connectivity index (χ3v) is 2.23. The topological polar surface area (TPSA) is 89.8 Å². The highest BCUT2D eigenvalue weighted by molar-refractivity contribution is 5.49. The first-order valence-electron chi connectivity index (χ1n) is 5.36. The molecule has 1 N–H and O–H groups in total. The molecule has 0 aliphatic heterocycles. The van der Waals surface area contributed by atoms with Crippen molar-refractivity contribution in [2.24, 2.45) is 0 Å². The molecule has 3 rings (SSSR count). The SMILES string of the molecule is Cc1cc([N+]#Cc2nc(-c3ccco3)oc2O)no1. The van der Waals surface area contributed by atoms with Gasteiger partial charge in [-0.3, -0.25) is 4.52 Å². The fourth-order valence-corrected chi connectivity index (χ4v) is 1.41. The molecule has 0 bridgehead atoms. The maximum absolute atomic E-state index is 9.58. The number of rotatable bonds is 1. The Hall–Kier alpha value is -3.01. The third kappa shape index (κ3) is 2.19. The molecular weight excluding hydrogens is 250 g/mol. The van der Waals surface area contributed by atoms with Crippen molar-refractivity contribution in [1.29, 1.82) is 0 Å². The van der Waals surface area contributed by atoms with Gasteiger partial charge in [-0.2, -0.15) is 4.98 Å². The Kier molecular flexibility index (Phi) is 2.54. The van der Waals surface area contributed by atoms with Crippen molar-refractivity contribution in [2.75, 3.05) is 0 Å². The van der Waals surface area contributed by atoms with Crippen LogP contribution in [0.2, 0.25) is 0 Å². The van der Waals surface area contributed by atoms with Gasteiger partial charge in [-0.25, -0.2) is 0 Å². The summed E-state index contributed by atoms with van der Waals surface area (Å²) in [6.45, 7) is 1.74. The number of aromatic nitrogens is 2. The minimum Gasteiger partial charge on any atom is -0.478 e. The van der Waals surface area contributed by atoms with Crippen molar-refractivity contribution in [3.8, 4) is 23.7 Å². The second-order valence-electron chi connectivity index (χ2n) is 3.67. The zero-order chi connectivity index (χ0) is 13.2. The van der Waals surface area contributed by atoms with Gasteiger partial charge in [-0.15, -0.1) is 4.85 Å². The average molecular weight is 258 g/mol. The first-order valence-corrected chi connectivity index (χ1v) is 5.36. The van der Waals surface area contributed by atoms with E-state index in [9.17, 15) is 5.11 Å². The second kappa shape index (κ2) is 4.34. The quantitative estimate of drug-likeness (QED) is 0.721. The highest BCUT2D eigenvalue weighted by Gasteiger charge is 2.17. The minimum atomic E-state index is -0.393. The third-order valence-electron chi connectivity index (χ3n) is 2.23. The molecule has 0 aliphatic carbocycles. The molecular formula is C12H8N3O4+. The molecule has 7 nitrogen and oxygen atoms in total. The molecule has 0 aromatic carbocycles. The Morgan fingerprint density at radius 3 is 3.00 bits per heavy atom. The van der Waals surface area contributed by atoms with Crippen LogP contribution in [0, 0.1) is 13.0 Å². The van der Waals surface area contributed by atoms with Crippen LogP contribution in [0.3, 0.4) is 0 Å². The molecule has 0 amide bonds. The van der Waals surface area contributed by atoms with Gasteiger partial charge in [-0.05, 0) is 19.1 Å². The fraction of sp³-hybridized carbons (Fsp3) is 0.0833. The molecule has 94 valence electrons. The summed E-state index contributed by atoms with van der Waals surface area (Å²) in [7, 11) is 0. The number of hydrogen-bond donors (Lipinski definition) is 1. The Labute approximate surface area is 106 Å². The molecule has 0 saturated heterocycles. The van der Waals surface area contributed by atoms with Crippen LogP contribution in [0.5, 0.6) is 5.95 Å². The zero-order valence-electron chi connectivity index (χ0n) is 9.82. The van der Waals surface area contributed by atoms with Crippen molar-refractivity contribution in [3.63, 3.8) is 0 Å². The summed E-state index contributed by atoms with van der Waals surface area (Å²) in [5, 5.41) is 13.2. The lowest BCUT2D eigenvalue weighted by Crippen LogP contribution is -1.75. The lowest BCUT2D eigenvalue weighted by Gasteiger charge is -1.83. The molecule has 3 aromatic rings. The maximum atomic E-state index is 9.58. The Morgan fingerprint density at radius 1 is 1.42 bits per heavy atom. The summed E-state index contributed by atoms with van der Waals surface area (Å²) >= 11 is 0. The molecule has 0 unspecified atom stereocenters. The highest BCUT2D eigenvalue weighted by Crippen LogP contribution is 2.26. The van der Waals surface area contributed by atoms with Crippen LogP contribution >= 0.6 is 0 Å². The average Bonchev–Trinajstić information content (AvgIpc) is 3.07.